The minimum Gasteiger partial charge on any atom is -0.468 e. The van der Waals surface area contributed by atoms with Crippen molar-refractivity contribution in [2.45, 2.75) is 37.0 Å². The maximum absolute atomic E-state index is 14.8. The highest BCUT2D eigenvalue weighted by Gasteiger charge is 2.51. The molecule has 0 atom stereocenters. The number of aryl methyl sites for hydroxylation is 1. The number of halogens is 2. The first-order valence-corrected chi connectivity index (χ1v) is 11.7. The topological polar surface area (TPSA) is 65.4 Å². The van der Waals surface area contributed by atoms with Crippen molar-refractivity contribution in [1.82, 2.24) is 3.97 Å². The van der Waals surface area contributed by atoms with Crippen LogP contribution >= 0.6 is 15.9 Å². The summed E-state index contributed by atoms with van der Waals surface area (Å²) < 4.78 is 47.7. The lowest BCUT2D eigenvalue weighted by Gasteiger charge is -2.44. The summed E-state index contributed by atoms with van der Waals surface area (Å²) in [5.41, 5.74) is 0.858. The number of nitrogens with zero attached hydrogens (tertiary/aromatic N) is 1. The van der Waals surface area contributed by atoms with Gasteiger partial charge in [0, 0.05) is 4.47 Å². The number of ether oxygens (including phenoxy) is 1. The van der Waals surface area contributed by atoms with E-state index in [2.05, 4.69) is 15.9 Å². The van der Waals surface area contributed by atoms with E-state index in [0.717, 1.165) is 15.7 Å². The van der Waals surface area contributed by atoms with Crippen LogP contribution in [-0.4, -0.2) is 25.5 Å². The van der Waals surface area contributed by atoms with Crippen molar-refractivity contribution in [2.75, 3.05) is 7.11 Å². The molecule has 30 heavy (non-hydrogen) atoms. The summed E-state index contributed by atoms with van der Waals surface area (Å²) in [6.07, 6.45) is 2.15. The number of rotatable bonds is 4. The zero-order chi connectivity index (χ0) is 21.8. The van der Waals surface area contributed by atoms with E-state index in [0.29, 0.717) is 28.8 Å². The molecule has 0 spiro atoms. The van der Waals surface area contributed by atoms with Crippen LogP contribution in [-0.2, 0) is 25.0 Å². The van der Waals surface area contributed by atoms with Gasteiger partial charge in [-0.3, -0.25) is 4.79 Å². The van der Waals surface area contributed by atoms with Gasteiger partial charge in [0.1, 0.15) is 0 Å². The first-order valence-electron chi connectivity index (χ1n) is 9.51. The Balaban J connectivity index is 1.95. The molecule has 1 heterocycles. The van der Waals surface area contributed by atoms with Crippen LogP contribution in [0.2, 0.25) is 0 Å². The molecule has 5 nitrogen and oxygen atoms in total. The van der Waals surface area contributed by atoms with Gasteiger partial charge in [0.25, 0.3) is 10.0 Å². The molecule has 0 amide bonds. The third-order valence-electron chi connectivity index (χ3n) is 5.88. The number of methoxy groups -OCH3 is 1. The van der Waals surface area contributed by atoms with Crippen molar-refractivity contribution in [3.63, 3.8) is 0 Å². The predicted octanol–water partition coefficient (Wildman–Crippen LogP) is 4.93. The van der Waals surface area contributed by atoms with Crippen LogP contribution in [0.4, 0.5) is 4.39 Å². The Hall–Kier alpha value is -2.19. The molecule has 1 aliphatic carbocycles. The lowest BCUT2D eigenvalue weighted by Crippen LogP contribution is -2.47. The summed E-state index contributed by atoms with van der Waals surface area (Å²) in [5, 5.41) is 0.154. The standard InChI is InChI=1S/C22H21BrFNO4S/c1-13-4-6-16(7-5-13)30(27,28)25-12-18(24)20-17(23)8-15(9-19(20)25)22(21(26)29-3)10-14(2)11-22/h4-9,12,14H,10-11H2,1-3H3. The Labute approximate surface area is 183 Å². The summed E-state index contributed by atoms with van der Waals surface area (Å²) >= 11 is 3.38. The van der Waals surface area contributed by atoms with Gasteiger partial charge in [0.15, 0.2) is 5.82 Å². The maximum Gasteiger partial charge on any atom is 0.316 e. The second kappa shape index (κ2) is 7.20. The number of hydrogen-bond donors (Lipinski definition) is 0. The van der Waals surface area contributed by atoms with Gasteiger partial charge in [-0.1, -0.05) is 24.6 Å². The summed E-state index contributed by atoms with van der Waals surface area (Å²) in [5.74, 6) is -0.696. The van der Waals surface area contributed by atoms with Crippen molar-refractivity contribution in [3.05, 3.63) is 64.0 Å². The Kier molecular flexibility index (Phi) is 5.05. The molecule has 158 valence electrons. The molecule has 1 saturated carbocycles. The van der Waals surface area contributed by atoms with Crippen LogP contribution in [0, 0.1) is 18.7 Å². The summed E-state index contributed by atoms with van der Waals surface area (Å²) in [4.78, 5) is 12.7. The minimum atomic E-state index is -4.03. The van der Waals surface area contributed by atoms with E-state index in [9.17, 15) is 17.6 Å². The minimum absolute atomic E-state index is 0.0615. The lowest BCUT2D eigenvalue weighted by atomic mass is 9.59. The third kappa shape index (κ3) is 3.08. The van der Waals surface area contributed by atoms with Gasteiger partial charge in [0.2, 0.25) is 0 Å². The van der Waals surface area contributed by atoms with Gasteiger partial charge in [-0.2, -0.15) is 0 Å². The molecule has 0 aliphatic heterocycles. The number of carbonyl (C=O) groups is 1. The molecule has 0 bridgehead atoms. The monoisotopic (exact) mass is 493 g/mol. The Morgan fingerprint density at radius 3 is 2.43 bits per heavy atom. The normalized spacial score (nSPS) is 21.4. The van der Waals surface area contributed by atoms with E-state index in [1.54, 1.807) is 24.3 Å². The largest absolute Gasteiger partial charge is 0.468 e. The van der Waals surface area contributed by atoms with Crippen LogP contribution in [0.1, 0.15) is 30.9 Å². The summed E-state index contributed by atoms with van der Waals surface area (Å²) in [7, 11) is -2.69. The molecule has 4 rings (SSSR count). The second-order valence-corrected chi connectivity index (χ2v) is 10.7. The average molecular weight is 494 g/mol. The molecule has 0 N–H and O–H groups in total. The van der Waals surface area contributed by atoms with Gasteiger partial charge < -0.3 is 4.74 Å². The molecule has 8 heteroatoms. The first kappa shape index (κ1) is 21.1. The van der Waals surface area contributed by atoms with Gasteiger partial charge in [-0.05, 0) is 71.4 Å². The van der Waals surface area contributed by atoms with Gasteiger partial charge >= 0.3 is 5.97 Å². The van der Waals surface area contributed by atoms with Gasteiger partial charge in [0.05, 0.1) is 34.5 Å². The molecular formula is C22H21BrFNO4S. The highest BCUT2D eigenvalue weighted by molar-refractivity contribution is 9.10. The van der Waals surface area contributed by atoms with Crippen molar-refractivity contribution >= 4 is 42.8 Å². The highest BCUT2D eigenvalue weighted by atomic mass is 79.9. The van der Waals surface area contributed by atoms with Crippen LogP contribution < -0.4 is 0 Å². The SMILES string of the molecule is COC(=O)C1(c2cc(Br)c3c(F)cn(S(=O)(=O)c4ccc(C)cc4)c3c2)CC(C)C1. The van der Waals surface area contributed by atoms with E-state index in [1.165, 1.54) is 19.2 Å². The molecule has 0 unspecified atom stereocenters. The van der Waals surface area contributed by atoms with Crippen LogP contribution in [0.25, 0.3) is 10.9 Å². The van der Waals surface area contributed by atoms with Gasteiger partial charge in [-0.15, -0.1) is 0 Å². The first-order chi connectivity index (χ1) is 14.1. The molecule has 0 saturated heterocycles. The molecule has 3 aromatic rings. The van der Waals surface area contributed by atoms with E-state index in [-0.39, 0.29) is 21.8 Å². The fraction of sp³-hybridized carbons (Fsp3) is 0.318. The summed E-state index contributed by atoms with van der Waals surface area (Å²) in [6.45, 7) is 3.90. The quantitative estimate of drug-likeness (QED) is 0.483. The number of aromatic nitrogens is 1. The fourth-order valence-electron chi connectivity index (χ4n) is 4.38. The van der Waals surface area contributed by atoms with Crippen molar-refractivity contribution in [2.24, 2.45) is 5.92 Å². The predicted molar refractivity (Wildman–Crippen MR) is 115 cm³/mol. The second-order valence-electron chi connectivity index (χ2n) is 8.03. The number of fused-ring (bicyclic) bond motifs is 1. The maximum atomic E-state index is 14.8. The van der Waals surface area contributed by atoms with E-state index >= 15 is 0 Å². The van der Waals surface area contributed by atoms with Gasteiger partial charge in [-0.25, -0.2) is 16.8 Å². The zero-order valence-electron chi connectivity index (χ0n) is 16.8. The van der Waals surface area contributed by atoms with Crippen molar-refractivity contribution in [1.29, 1.82) is 0 Å². The lowest BCUT2D eigenvalue weighted by molar-refractivity contribution is -0.153. The number of carbonyl (C=O) groups excluding carboxylic acids is 1. The number of esters is 1. The molecule has 1 fully saturated rings. The average Bonchev–Trinajstić information content (AvgIpc) is 3.02. The van der Waals surface area contributed by atoms with Crippen molar-refractivity contribution in [3.8, 4) is 0 Å². The molecule has 1 aromatic heterocycles. The van der Waals surface area contributed by atoms with E-state index in [4.69, 9.17) is 4.74 Å². The highest BCUT2D eigenvalue weighted by Crippen LogP contribution is 2.50. The van der Waals surface area contributed by atoms with Crippen LogP contribution in [0.3, 0.4) is 0 Å². The molecule has 2 aromatic carbocycles. The van der Waals surface area contributed by atoms with Crippen LogP contribution in [0.15, 0.2) is 52.0 Å². The molecule has 1 aliphatic rings. The molecular weight excluding hydrogens is 473 g/mol. The van der Waals surface area contributed by atoms with Crippen molar-refractivity contribution < 1.29 is 22.3 Å². The van der Waals surface area contributed by atoms with Crippen LogP contribution in [0.5, 0.6) is 0 Å². The Morgan fingerprint density at radius 2 is 1.87 bits per heavy atom. The van der Waals surface area contributed by atoms with E-state index in [1.807, 2.05) is 13.8 Å². The fourth-order valence-corrected chi connectivity index (χ4v) is 6.36. The third-order valence-corrected chi connectivity index (χ3v) is 8.19. The Morgan fingerprint density at radius 1 is 1.23 bits per heavy atom. The number of hydrogen-bond acceptors (Lipinski definition) is 4. The zero-order valence-corrected chi connectivity index (χ0v) is 19.2. The number of benzene rings is 2. The summed E-state index contributed by atoms with van der Waals surface area (Å²) in [6, 6.07) is 9.67. The van der Waals surface area contributed by atoms with E-state index < -0.39 is 21.3 Å². The molecule has 0 radical (unpaired) electrons. The Bertz CT molecular complexity index is 1260. The smallest absolute Gasteiger partial charge is 0.316 e.